The quantitative estimate of drug-likeness (QED) is 0.804. The predicted octanol–water partition coefficient (Wildman–Crippen LogP) is 0.894. The Kier molecular flexibility index (Phi) is 2.45. The summed E-state index contributed by atoms with van der Waals surface area (Å²) in [5.74, 6) is -0.183. The molecule has 15 heavy (non-hydrogen) atoms. The Labute approximate surface area is 86.0 Å². The Balaban J connectivity index is 2.21. The summed E-state index contributed by atoms with van der Waals surface area (Å²) in [5.41, 5.74) is 0.679. The normalized spacial score (nSPS) is 10.1. The van der Waals surface area contributed by atoms with Gasteiger partial charge in [0, 0.05) is 18.6 Å². The highest BCUT2D eigenvalue weighted by Gasteiger charge is 2.02. The average molecular weight is 203 g/mol. The molecule has 0 saturated carbocycles. The van der Waals surface area contributed by atoms with E-state index in [-0.39, 0.29) is 6.42 Å². The van der Waals surface area contributed by atoms with Gasteiger partial charge < -0.3 is 5.11 Å². The van der Waals surface area contributed by atoms with Gasteiger partial charge in [-0.05, 0) is 17.7 Å². The average Bonchev–Trinajstić information content (AvgIpc) is 2.71. The van der Waals surface area contributed by atoms with Crippen molar-refractivity contribution >= 4 is 5.97 Å². The van der Waals surface area contributed by atoms with Crippen molar-refractivity contribution in [2.24, 2.45) is 0 Å². The fourth-order valence-electron chi connectivity index (χ4n) is 1.24. The van der Waals surface area contributed by atoms with E-state index in [0.717, 1.165) is 0 Å². The van der Waals surface area contributed by atoms with Crippen LogP contribution < -0.4 is 0 Å². The zero-order valence-electron chi connectivity index (χ0n) is 7.87. The van der Waals surface area contributed by atoms with Crippen LogP contribution in [0.5, 0.6) is 0 Å². The van der Waals surface area contributed by atoms with E-state index >= 15 is 0 Å². The number of nitrogens with zero attached hydrogens (tertiary/aromatic N) is 3. The summed E-state index contributed by atoms with van der Waals surface area (Å²) in [6, 6.07) is 5.27. The third-order valence-electron chi connectivity index (χ3n) is 1.90. The van der Waals surface area contributed by atoms with Crippen LogP contribution in [-0.4, -0.2) is 25.8 Å². The van der Waals surface area contributed by atoms with Gasteiger partial charge in [0.05, 0.1) is 6.42 Å². The Morgan fingerprint density at radius 2 is 2.33 bits per heavy atom. The maximum atomic E-state index is 10.4. The van der Waals surface area contributed by atoms with Gasteiger partial charge in [-0.2, -0.15) is 5.10 Å². The summed E-state index contributed by atoms with van der Waals surface area (Å²) in [7, 11) is 0. The van der Waals surface area contributed by atoms with Crippen LogP contribution in [0.3, 0.4) is 0 Å². The van der Waals surface area contributed by atoms with Gasteiger partial charge in [0.25, 0.3) is 0 Å². The number of carbonyl (C=O) groups is 1. The predicted molar refractivity (Wildman–Crippen MR) is 52.7 cm³/mol. The van der Waals surface area contributed by atoms with Crippen molar-refractivity contribution in [1.82, 2.24) is 14.8 Å². The fraction of sp³-hybridized carbons (Fsp3) is 0.100. The summed E-state index contributed by atoms with van der Waals surface area (Å²) in [4.78, 5) is 14.5. The molecule has 5 nitrogen and oxygen atoms in total. The first-order valence-electron chi connectivity index (χ1n) is 4.42. The standard InChI is InChI=1S/C10H9N3O2/c14-10(15)6-8-2-3-9(11-7-8)13-5-1-4-12-13/h1-5,7H,6H2,(H,14,15). The molecule has 0 fully saturated rings. The van der Waals surface area contributed by atoms with Gasteiger partial charge in [-0.25, -0.2) is 9.67 Å². The molecule has 0 atom stereocenters. The first kappa shape index (κ1) is 9.39. The van der Waals surface area contributed by atoms with Gasteiger partial charge in [-0.15, -0.1) is 0 Å². The van der Waals surface area contributed by atoms with E-state index in [2.05, 4.69) is 10.1 Å². The number of carboxylic acids is 1. The van der Waals surface area contributed by atoms with E-state index in [4.69, 9.17) is 5.11 Å². The summed E-state index contributed by atoms with van der Waals surface area (Å²) >= 11 is 0. The number of aromatic nitrogens is 3. The lowest BCUT2D eigenvalue weighted by molar-refractivity contribution is -0.136. The van der Waals surface area contributed by atoms with E-state index in [1.807, 2.05) is 0 Å². The number of hydrogen-bond donors (Lipinski definition) is 1. The van der Waals surface area contributed by atoms with Gasteiger partial charge in [0.15, 0.2) is 5.82 Å². The van der Waals surface area contributed by atoms with Crippen LogP contribution in [0.2, 0.25) is 0 Å². The third-order valence-corrected chi connectivity index (χ3v) is 1.90. The largest absolute Gasteiger partial charge is 0.481 e. The van der Waals surface area contributed by atoms with Gasteiger partial charge in [0.1, 0.15) is 0 Å². The third kappa shape index (κ3) is 2.19. The SMILES string of the molecule is O=C(O)Cc1ccc(-n2cccn2)nc1. The van der Waals surface area contributed by atoms with E-state index in [9.17, 15) is 4.79 Å². The smallest absolute Gasteiger partial charge is 0.307 e. The molecular weight excluding hydrogens is 194 g/mol. The minimum Gasteiger partial charge on any atom is -0.481 e. The molecule has 2 aromatic heterocycles. The van der Waals surface area contributed by atoms with Crippen LogP contribution >= 0.6 is 0 Å². The number of carboxylic acid groups (broad SMARTS) is 1. The monoisotopic (exact) mass is 203 g/mol. The van der Waals surface area contributed by atoms with Crippen molar-refractivity contribution in [2.75, 3.05) is 0 Å². The fourth-order valence-corrected chi connectivity index (χ4v) is 1.24. The molecule has 0 unspecified atom stereocenters. The van der Waals surface area contributed by atoms with E-state index in [1.165, 1.54) is 0 Å². The second-order valence-electron chi connectivity index (χ2n) is 3.05. The molecular formula is C10H9N3O2. The second kappa shape index (κ2) is 3.91. The maximum absolute atomic E-state index is 10.4. The first-order chi connectivity index (χ1) is 7.25. The molecule has 0 bridgehead atoms. The summed E-state index contributed by atoms with van der Waals surface area (Å²) in [6.45, 7) is 0. The van der Waals surface area contributed by atoms with Crippen molar-refractivity contribution in [3.8, 4) is 5.82 Å². The van der Waals surface area contributed by atoms with Gasteiger partial charge >= 0.3 is 5.97 Å². The molecule has 76 valence electrons. The highest BCUT2D eigenvalue weighted by Crippen LogP contribution is 2.04. The molecule has 0 aliphatic heterocycles. The second-order valence-corrected chi connectivity index (χ2v) is 3.05. The minimum absolute atomic E-state index is 0.00755. The van der Waals surface area contributed by atoms with Crippen molar-refractivity contribution in [3.63, 3.8) is 0 Å². The Morgan fingerprint density at radius 3 is 2.87 bits per heavy atom. The molecule has 0 radical (unpaired) electrons. The van der Waals surface area contributed by atoms with Crippen molar-refractivity contribution in [1.29, 1.82) is 0 Å². The Hall–Kier alpha value is -2.17. The summed E-state index contributed by atoms with van der Waals surface area (Å²) < 4.78 is 1.62. The molecule has 0 aromatic carbocycles. The number of hydrogen-bond acceptors (Lipinski definition) is 3. The van der Waals surface area contributed by atoms with Crippen LogP contribution in [0.4, 0.5) is 0 Å². The lowest BCUT2D eigenvalue weighted by atomic mass is 10.2. The summed E-state index contributed by atoms with van der Waals surface area (Å²) in [6.07, 6.45) is 4.98. The Bertz CT molecular complexity index is 448. The lowest BCUT2D eigenvalue weighted by Gasteiger charge is -2.01. The van der Waals surface area contributed by atoms with Crippen molar-refractivity contribution < 1.29 is 9.90 Å². The molecule has 0 aliphatic carbocycles. The zero-order valence-corrected chi connectivity index (χ0v) is 7.87. The molecule has 1 N–H and O–H groups in total. The lowest BCUT2D eigenvalue weighted by Crippen LogP contribution is -2.02. The minimum atomic E-state index is -0.858. The van der Waals surface area contributed by atoms with Crippen LogP contribution in [-0.2, 0) is 11.2 Å². The molecule has 0 spiro atoms. The van der Waals surface area contributed by atoms with Gasteiger partial charge in [0.2, 0.25) is 0 Å². The van der Waals surface area contributed by atoms with Crippen LogP contribution in [0.1, 0.15) is 5.56 Å². The number of aliphatic carboxylic acids is 1. The van der Waals surface area contributed by atoms with E-state index in [1.54, 1.807) is 41.5 Å². The van der Waals surface area contributed by atoms with Crippen molar-refractivity contribution in [2.45, 2.75) is 6.42 Å². The molecule has 0 aliphatic rings. The molecule has 0 amide bonds. The van der Waals surface area contributed by atoms with E-state index in [0.29, 0.717) is 11.4 Å². The van der Waals surface area contributed by atoms with Gasteiger partial charge in [-0.3, -0.25) is 4.79 Å². The number of pyridine rings is 1. The molecule has 0 saturated heterocycles. The zero-order chi connectivity index (χ0) is 10.7. The first-order valence-corrected chi connectivity index (χ1v) is 4.42. The summed E-state index contributed by atoms with van der Waals surface area (Å²) in [5, 5.41) is 12.6. The van der Waals surface area contributed by atoms with E-state index < -0.39 is 5.97 Å². The topological polar surface area (TPSA) is 68.0 Å². The molecule has 2 rings (SSSR count). The molecule has 2 heterocycles. The number of rotatable bonds is 3. The molecule has 5 heteroatoms. The highest BCUT2D eigenvalue weighted by atomic mass is 16.4. The van der Waals surface area contributed by atoms with Crippen molar-refractivity contribution in [3.05, 3.63) is 42.4 Å². The Morgan fingerprint density at radius 1 is 1.47 bits per heavy atom. The van der Waals surface area contributed by atoms with Gasteiger partial charge in [-0.1, -0.05) is 6.07 Å². The maximum Gasteiger partial charge on any atom is 0.307 e. The van der Waals surface area contributed by atoms with Crippen LogP contribution in [0, 0.1) is 0 Å². The van der Waals surface area contributed by atoms with Crippen LogP contribution in [0.25, 0.3) is 5.82 Å². The molecule has 2 aromatic rings. The van der Waals surface area contributed by atoms with Crippen LogP contribution in [0.15, 0.2) is 36.8 Å². The highest BCUT2D eigenvalue weighted by molar-refractivity contribution is 5.70.